The zero-order valence-electron chi connectivity index (χ0n) is 10.8. The summed E-state index contributed by atoms with van der Waals surface area (Å²) in [7, 11) is 0. The smallest absolute Gasteiger partial charge is 0.344 e. The predicted octanol–water partition coefficient (Wildman–Crippen LogP) is 2.25. The topological polar surface area (TPSA) is 70.9 Å². The average Bonchev–Trinajstić information content (AvgIpc) is 3.17. The zero-order valence-corrected chi connectivity index (χ0v) is 11.7. The van der Waals surface area contributed by atoms with Gasteiger partial charge in [-0.3, -0.25) is 4.57 Å². The van der Waals surface area contributed by atoms with Gasteiger partial charge in [0.25, 0.3) is 0 Å². The second-order valence-corrected chi connectivity index (χ2v) is 5.88. The van der Waals surface area contributed by atoms with Crippen molar-refractivity contribution in [2.75, 3.05) is 0 Å². The summed E-state index contributed by atoms with van der Waals surface area (Å²) in [5.41, 5.74) is 0.267. The highest BCUT2D eigenvalue weighted by atomic mass is 32.2. The van der Waals surface area contributed by atoms with E-state index in [-0.39, 0.29) is 11.7 Å². The molecule has 1 unspecified atom stereocenters. The molecular weight excluding hydrogens is 281 g/mol. The van der Waals surface area contributed by atoms with Gasteiger partial charge in [0.15, 0.2) is 5.16 Å². The summed E-state index contributed by atoms with van der Waals surface area (Å²) < 4.78 is 14.9. The minimum Gasteiger partial charge on any atom is -0.389 e. The molecule has 1 aromatic carbocycles. The monoisotopic (exact) mass is 295 g/mol. The normalized spacial score (nSPS) is 16.4. The molecule has 20 heavy (non-hydrogen) atoms. The quantitative estimate of drug-likeness (QED) is 0.907. The van der Waals surface area contributed by atoms with Crippen LogP contribution in [0.5, 0.6) is 0 Å². The van der Waals surface area contributed by atoms with Crippen molar-refractivity contribution in [3.63, 3.8) is 0 Å². The molecule has 1 aliphatic rings. The highest BCUT2D eigenvalue weighted by Crippen LogP contribution is 2.39. The molecule has 0 saturated heterocycles. The largest absolute Gasteiger partial charge is 0.389 e. The number of aromatic amines is 1. The van der Waals surface area contributed by atoms with Crippen LogP contribution in [0.15, 0.2) is 33.0 Å². The molecule has 1 heterocycles. The van der Waals surface area contributed by atoms with Crippen LogP contribution >= 0.6 is 11.8 Å². The van der Waals surface area contributed by atoms with E-state index in [2.05, 4.69) is 10.2 Å². The average molecular weight is 295 g/mol. The zero-order chi connectivity index (χ0) is 14.3. The first-order valence-corrected chi connectivity index (χ1v) is 7.20. The molecular formula is C13H14FN3O2S. The molecule has 7 heteroatoms. The second-order valence-electron chi connectivity index (χ2n) is 4.87. The minimum atomic E-state index is -0.784. The van der Waals surface area contributed by atoms with E-state index in [4.69, 9.17) is 0 Å². The van der Waals surface area contributed by atoms with Gasteiger partial charge >= 0.3 is 5.69 Å². The number of aliphatic hydroxyl groups excluding tert-OH is 1. The number of aromatic nitrogens is 3. The van der Waals surface area contributed by atoms with Crippen molar-refractivity contribution in [3.05, 3.63) is 40.1 Å². The summed E-state index contributed by atoms with van der Waals surface area (Å²) in [5, 5.41) is 16.7. The number of aliphatic hydroxyl groups is 1. The molecule has 2 N–H and O–H groups in total. The van der Waals surface area contributed by atoms with Crippen LogP contribution in [0.4, 0.5) is 4.39 Å². The lowest BCUT2D eigenvalue weighted by Crippen LogP contribution is -2.16. The van der Waals surface area contributed by atoms with Crippen molar-refractivity contribution < 1.29 is 9.50 Å². The van der Waals surface area contributed by atoms with Crippen LogP contribution in [0.25, 0.3) is 0 Å². The molecule has 0 amide bonds. The van der Waals surface area contributed by atoms with E-state index < -0.39 is 11.9 Å². The maximum atomic E-state index is 13.3. The van der Waals surface area contributed by atoms with Crippen LogP contribution in [0.1, 0.15) is 37.5 Å². The lowest BCUT2D eigenvalue weighted by atomic mass is 10.1. The van der Waals surface area contributed by atoms with Gasteiger partial charge < -0.3 is 5.11 Å². The van der Waals surface area contributed by atoms with Gasteiger partial charge in [0, 0.05) is 10.9 Å². The Morgan fingerprint density at radius 1 is 1.55 bits per heavy atom. The lowest BCUT2D eigenvalue weighted by molar-refractivity contribution is 0.196. The molecule has 1 fully saturated rings. The third-order valence-electron chi connectivity index (χ3n) is 3.21. The first-order chi connectivity index (χ1) is 9.56. The first-order valence-electron chi connectivity index (χ1n) is 6.38. The van der Waals surface area contributed by atoms with Gasteiger partial charge in [-0.05, 0) is 55.3 Å². The third-order valence-corrected chi connectivity index (χ3v) is 4.27. The second kappa shape index (κ2) is 5.06. The van der Waals surface area contributed by atoms with Gasteiger partial charge in [-0.2, -0.15) is 0 Å². The van der Waals surface area contributed by atoms with Crippen LogP contribution < -0.4 is 5.69 Å². The van der Waals surface area contributed by atoms with Crippen LogP contribution in [-0.4, -0.2) is 19.9 Å². The SMILES string of the molecule is CC(O)c1cc(F)ccc1Sc1n[nH]c(=O)n1C1CC1. The number of rotatable bonds is 4. The van der Waals surface area contributed by atoms with Crippen LogP contribution in [0, 0.1) is 5.82 Å². The fourth-order valence-electron chi connectivity index (χ4n) is 2.05. The summed E-state index contributed by atoms with van der Waals surface area (Å²) >= 11 is 1.26. The molecule has 0 radical (unpaired) electrons. The summed E-state index contributed by atoms with van der Waals surface area (Å²) in [4.78, 5) is 12.4. The molecule has 1 aliphatic carbocycles. The number of H-pyrrole nitrogens is 1. The third kappa shape index (κ3) is 2.51. The van der Waals surface area contributed by atoms with E-state index in [1.54, 1.807) is 17.6 Å². The standard InChI is InChI=1S/C13H14FN3O2S/c1-7(18)10-6-8(14)2-5-11(10)20-13-16-15-12(19)17(13)9-3-4-9/h2,5-7,9,18H,3-4H2,1H3,(H,15,19). The number of hydrogen-bond acceptors (Lipinski definition) is 4. The maximum Gasteiger partial charge on any atom is 0.344 e. The maximum absolute atomic E-state index is 13.3. The Morgan fingerprint density at radius 3 is 2.95 bits per heavy atom. The summed E-state index contributed by atoms with van der Waals surface area (Å²) in [6.45, 7) is 1.58. The Labute approximate surface area is 118 Å². The summed E-state index contributed by atoms with van der Waals surface area (Å²) in [6, 6.07) is 4.44. The van der Waals surface area contributed by atoms with Gasteiger partial charge in [-0.1, -0.05) is 0 Å². The Kier molecular flexibility index (Phi) is 3.39. The van der Waals surface area contributed by atoms with E-state index >= 15 is 0 Å². The predicted molar refractivity (Wildman–Crippen MR) is 72.3 cm³/mol. The van der Waals surface area contributed by atoms with Crippen molar-refractivity contribution in [3.8, 4) is 0 Å². The highest BCUT2D eigenvalue weighted by Gasteiger charge is 2.29. The first kappa shape index (κ1) is 13.4. The Bertz CT molecular complexity index is 691. The van der Waals surface area contributed by atoms with Crippen molar-refractivity contribution in [1.29, 1.82) is 0 Å². The minimum absolute atomic E-state index is 0.208. The van der Waals surface area contributed by atoms with Crippen molar-refractivity contribution in [2.24, 2.45) is 0 Å². The molecule has 5 nitrogen and oxygen atoms in total. The lowest BCUT2D eigenvalue weighted by Gasteiger charge is -2.11. The van der Waals surface area contributed by atoms with E-state index in [1.807, 2.05) is 0 Å². The molecule has 1 saturated carbocycles. The van der Waals surface area contributed by atoms with Gasteiger partial charge in [-0.25, -0.2) is 14.3 Å². The molecule has 1 atom stereocenters. The summed E-state index contributed by atoms with van der Waals surface area (Å²) in [5.74, 6) is -0.396. The van der Waals surface area contributed by atoms with Gasteiger partial charge in [-0.15, -0.1) is 5.10 Å². The number of benzene rings is 1. The van der Waals surface area contributed by atoms with Gasteiger partial charge in [0.2, 0.25) is 0 Å². The molecule has 0 spiro atoms. The molecule has 1 aromatic heterocycles. The van der Waals surface area contributed by atoms with Crippen molar-refractivity contribution in [1.82, 2.24) is 14.8 Å². The number of hydrogen-bond donors (Lipinski definition) is 2. The van der Waals surface area contributed by atoms with Crippen LogP contribution in [0.2, 0.25) is 0 Å². The summed E-state index contributed by atoms with van der Waals surface area (Å²) in [6.07, 6.45) is 1.16. The molecule has 0 aliphatic heterocycles. The molecule has 3 rings (SSSR count). The highest BCUT2D eigenvalue weighted by molar-refractivity contribution is 7.99. The fourth-order valence-corrected chi connectivity index (χ4v) is 3.16. The Hall–Kier alpha value is -1.60. The molecule has 0 bridgehead atoms. The van der Waals surface area contributed by atoms with E-state index in [0.29, 0.717) is 15.6 Å². The number of nitrogens with zero attached hydrogens (tertiary/aromatic N) is 2. The van der Waals surface area contributed by atoms with E-state index in [1.165, 1.54) is 23.9 Å². The Morgan fingerprint density at radius 2 is 2.30 bits per heavy atom. The van der Waals surface area contributed by atoms with Gasteiger partial charge in [0.1, 0.15) is 5.82 Å². The van der Waals surface area contributed by atoms with E-state index in [0.717, 1.165) is 12.8 Å². The molecule has 2 aromatic rings. The van der Waals surface area contributed by atoms with Crippen LogP contribution in [0.3, 0.4) is 0 Å². The Balaban J connectivity index is 1.97. The van der Waals surface area contributed by atoms with Gasteiger partial charge in [0.05, 0.1) is 6.10 Å². The number of halogens is 1. The number of nitrogens with one attached hydrogen (secondary N) is 1. The van der Waals surface area contributed by atoms with E-state index in [9.17, 15) is 14.3 Å². The fraction of sp³-hybridized carbons (Fsp3) is 0.385. The van der Waals surface area contributed by atoms with Crippen molar-refractivity contribution >= 4 is 11.8 Å². The molecule has 106 valence electrons. The van der Waals surface area contributed by atoms with Crippen LogP contribution in [-0.2, 0) is 0 Å². The van der Waals surface area contributed by atoms with Crippen molar-refractivity contribution in [2.45, 2.75) is 42.0 Å².